The minimum absolute atomic E-state index is 0.374. The van der Waals surface area contributed by atoms with Crippen LogP contribution in [-0.2, 0) is 4.79 Å². The first-order chi connectivity index (χ1) is 11.8. The first kappa shape index (κ1) is 19.2. The minimum atomic E-state index is -4.27. The van der Waals surface area contributed by atoms with Gasteiger partial charge in [0.2, 0.25) is 5.91 Å². The van der Waals surface area contributed by atoms with Gasteiger partial charge in [0.25, 0.3) is 0 Å². The lowest BCUT2D eigenvalue weighted by Gasteiger charge is -2.08. The number of halogens is 3. The lowest BCUT2D eigenvalue weighted by atomic mass is 10.1. The van der Waals surface area contributed by atoms with E-state index < -0.39 is 25.0 Å². The molecule has 2 aromatic rings. The largest absolute Gasteiger partial charge is 0.390 e. The summed E-state index contributed by atoms with van der Waals surface area (Å²) in [6.45, 7) is 5.23. The summed E-state index contributed by atoms with van der Waals surface area (Å²) in [5, 5.41) is 4.98. The van der Waals surface area contributed by atoms with Crippen molar-refractivity contribution in [3.8, 4) is 0 Å². The van der Waals surface area contributed by atoms with E-state index in [1.165, 1.54) is 11.8 Å². The number of amides is 1. The predicted molar refractivity (Wildman–Crippen MR) is 97.2 cm³/mol. The SMILES string of the molecule is C=C(CS/C=C(\C)C(=O)NCCC(F)(F)F)c1c[nH]c2ccccc12. The summed E-state index contributed by atoms with van der Waals surface area (Å²) in [6, 6.07) is 7.89. The Labute approximate surface area is 148 Å². The molecule has 134 valence electrons. The van der Waals surface area contributed by atoms with E-state index in [1.54, 1.807) is 12.3 Å². The summed E-state index contributed by atoms with van der Waals surface area (Å²) in [6.07, 6.45) is -3.40. The van der Waals surface area contributed by atoms with E-state index in [0.29, 0.717) is 11.3 Å². The van der Waals surface area contributed by atoms with Gasteiger partial charge in [-0.2, -0.15) is 13.2 Å². The number of hydrogen-bond acceptors (Lipinski definition) is 2. The summed E-state index contributed by atoms with van der Waals surface area (Å²) in [5.74, 6) is 0.0871. The highest BCUT2D eigenvalue weighted by molar-refractivity contribution is 8.02. The zero-order chi connectivity index (χ0) is 18.4. The summed E-state index contributed by atoms with van der Waals surface area (Å²) in [7, 11) is 0. The molecule has 0 atom stereocenters. The maximum absolute atomic E-state index is 12.1. The number of thioether (sulfide) groups is 1. The second-order valence-electron chi connectivity index (χ2n) is 5.58. The number of aromatic nitrogens is 1. The zero-order valence-electron chi connectivity index (χ0n) is 13.7. The van der Waals surface area contributed by atoms with Crippen LogP contribution in [0.15, 0.2) is 48.0 Å². The number of alkyl halides is 3. The van der Waals surface area contributed by atoms with E-state index in [9.17, 15) is 18.0 Å². The molecule has 0 spiro atoms. The van der Waals surface area contributed by atoms with Crippen molar-refractivity contribution in [1.29, 1.82) is 0 Å². The van der Waals surface area contributed by atoms with Crippen LogP contribution in [0.25, 0.3) is 16.5 Å². The van der Waals surface area contributed by atoms with Crippen LogP contribution in [0.3, 0.4) is 0 Å². The van der Waals surface area contributed by atoms with Crippen molar-refractivity contribution in [1.82, 2.24) is 10.3 Å². The number of hydrogen-bond donors (Lipinski definition) is 2. The van der Waals surface area contributed by atoms with Crippen LogP contribution in [0, 0.1) is 0 Å². The van der Waals surface area contributed by atoms with Crippen molar-refractivity contribution in [3.63, 3.8) is 0 Å². The average Bonchev–Trinajstić information content (AvgIpc) is 2.97. The minimum Gasteiger partial charge on any atom is -0.361 e. The van der Waals surface area contributed by atoms with Gasteiger partial charge in [0.1, 0.15) is 0 Å². The number of nitrogens with one attached hydrogen (secondary N) is 2. The molecule has 0 aliphatic heterocycles. The van der Waals surface area contributed by atoms with Crippen molar-refractivity contribution >= 4 is 34.1 Å². The Morgan fingerprint density at radius 2 is 2.08 bits per heavy atom. The number of fused-ring (bicyclic) bond motifs is 1. The Morgan fingerprint density at radius 3 is 2.80 bits per heavy atom. The van der Waals surface area contributed by atoms with Gasteiger partial charge in [-0.1, -0.05) is 24.8 Å². The number of para-hydroxylation sites is 1. The van der Waals surface area contributed by atoms with E-state index in [-0.39, 0.29) is 0 Å². The van der Waals surface area contributed by atoms with Crippen LogP contribution in [0.4, 0.5) is 13.2 Å². The second-order valence-corrected chi connectivity index (χ2v) is 6.44. The van der Waals surface area contributed by atoms with Crippen LogP contribution >= 0.6 is 11.8 Å². The smallest absolute Gasteiger partial charge is 0.361 e. The third-order valence-corrected chi connectivity index (χ3v) is 4.58. The zero-order valence-corrected chi connectivity index (χ0v) is 14.6. The monoisotopic (exact) mass is 368 g/mol. The maximum atomic E-state index is 12.1. The van der Waals surface area contributed by atoms with Crippen LogP contribution in [-0.4, -0.2) is 29.4 Å². The number of aromatic amines is 1. The van der Waals surface area contributed by atoms with Gasteiger partial charge in [-0.05, 0) is 24.0 Å². The molecule has 1 heterocycles. The third kappa shape index (κ3) is 5.70. The van der Waals surface area contributed by atoms with E-state index in [0.717, 1.165) is 22.0 Å². The molecule has 0 saturated carbocycles. The lowest BCUT2D eigenvalue weighted by molar-refractivity contribution is -0.135. The van der Waals surface area contributed by atoms with Gasteiger partial charge in [0.05, 0.1) is 6.42 Å². The van der Waals surface area contributed by atoms with Crippen LogP contribution in [0.1, 0.15) is 18.9 Å². The fraction of sp³-hybridized carbons (Fsp3) is 0.278. The summed E-state index contributed by atoms with van der Waals surface area (Å²) in [4.78, 5) is 14.9. The molecule has 2 N–H and O–H groups in total. The Bertz CT molecular complexity index is 793. The topological polar surface area (TPSA) is 44.9 Å². The van der Waals surface area contributed by atoms with E-state index in [1.807, 2.05) is 30.5 Å². The van der Waals surface area contributed by atoms with Gasteiger partial charge < -0.3 is 10.3 Å². The molecule has 3 nitrogen and oxygen atoms in total. The average molecular weight is 368 g/mol. The summed E-state index contributed by atoms with van der Waals surface area (Å²) < 4.78 is 36.2. The van der Waals surface area contributed by atoms with Gasteiger partial charge in [0, 0.05) is 40.5 Å². The van der Waals surface area contributed by atoms with Crippen molar-refractivity contribution in [2.75, 3.05) is 12.3 Å². The van der Waals surface area contributed by atoms with Crippen LogP contribution < -0.4 is 5.32 Å². The quantitative estimate of drug-likeness (QED) is 0.684. The number of benzene rings is 1. The highest BCUT2D eigenvalue weighted by Gasteiger charge is 2.26. The van der Waals surface area contributed by atoms with Gasteiger partial charge in [-0.15, -0.1) is 11.8 Å². The standard InChI is InChI=1S/C18H19F3N2OS/c1-12(15-9-23-16-6-4-3-5-14(15)16)10-25-11-13(2)17(24)22-8-7-18(19,20)21/h3-6,9,11,23H,1,7-8,10H2,2H3,(H,22,24)/b13-11+. The molecule has 0 saturated heterocycles. The van der Waals surface area contributed by atoms with Gasteiger partial charge in [-0.25, -0.2) is 0 Å². The fourth-order valence-corrected chi connectivity index (χ4v) is 3.02. The van der Waals surface area contributed by atoms with E-state index in [2.05, 4.69) is 16.9 Å². The Hall–Kier alpha value is -2.15. The van der Waals surface area contributed by atoms with Crippen LogP contribution in [0.2, 0.25) is 0 Å². The normalized spacial score (nSPS) is 12.4. The highest BCUT2D eigenvalue weighted by atomic mass is 32.2. The molecule has 0 aliphatic carbocycles. The van der Waals surface area contributed by atoms with Crippen molar-refractivity contribution in [3.05, 3.63) is 53.6 Å². The summed E-state index contributed by atoms with van der Waals surface area (Å²) >= 11 is 1.39. The van der Waals surface area contributed by atoms with Gasteiger partial charge >= 0.3 is 6.18 Å². The maximum Gasteiger partial charge on any atom is 0.390 e. The molecule has 1 amide bonds. The highest BCUT2D eigenvalue weighted by Crippen LogP contribution is 2.26. The van der Waals surface area contributed by atoms with Crippen molar-refractivity contribution in [2.24, 2.45) is 0 Å². The van der Waals surface area contributed by atoms with Crippen molar-refractivity contribution in [2.45, 2.75) is 19.5 Å². The van der Waals surface area contributed by atoms with E-state index in [4.69, 9.17) is 0 Å². The van der Waals surface area contributed by atoms with Gasteiger partial charge in [-0.3, -0.25) is 4.79 Å². The number of carbonyl (C=O) groups is 1. The lowest BCUT2D eigenvalue weighted by Crippen LogP contribution is -2.28. The first-order valence-corrected chi connectivity index (χ1v) is 8.70. The number of carbonyl (C=O) groups excluding carboxylic acids is 1. The second kappa shape index (κ2) is 8.29. The molecule has 0 unspecified atom stereocenters. The predicted octanol–water partition coefficient (Wildman–Crippen LogP) is 4.89. The van der Waals surface area contributed by atoms with Gasteiger partial charge in [0.15, 0.2) is 0 Å². The molecule has 1 aromatic carbocycles. The third-order valence-electron chi connectivity index (χ3n) is 3.54. The molecule has 7 heteroatoms. The van der Waals surface area contributed by atoms with Crippen LogP contribution in [0.5, 0.6) is 0 Å². The summed E-state index contributed by atoms with van der Waals surface area (Å²) in [5.41, 5.74) is 3.33. The molecule has 0 aliphatic rings. The molecule has 0 bridgehead atoms. The molecular weight excluding hydrogens is 349 g/mol. The Kier molecular flexibility index (Phi) is 6.36. The fourth-order valence-electron chi connectivity index (χ4n) is 2.22. The Balaban J connectivity index is 1.85. The molecule has 25 heavy (non-hydrogen) atoms. The molecule has 1 aromatic heterocycles. The molecule has 2 rings (SSSR count). The Morgan fingerprint density at radius 1 is 1.36 bits per heavy atom. The number of rotatable bonds is 7. The van der Waals surface area contributed by atoms with Crippen molar-refractivity contribution < 1.29 is 18.0 Å². The molecule has 0 fully saturated rings. The first-order valence-electron chi connectivity index (χ1n) is 7.65. The molecule has 0 radical (unpaired) electrons. The van der Waals surface area contributed by atoms with E-state index >= 15 is 0 Å². The number of H-pyrrole nitrogens is 1. The molecular formula is C18H19F3N2OS.